The lowest BCUT2D eigenvalue weighted by molar-refractivity contribution is 0.0733. The summed E-state index contributed by atoms with van der Waals surface area (Å²) in [6.07, 6.45) is 0. The Hall–Kier alpha value is -3.22. The van der Waals surface area contributed by atoms with E-state index < -0.39 is 0 Å². The first-order valence-electron chi connectivity index (χ1n) is 9.89. The zero-order chi connectivity index (χ0) is 21.6. The molecular formula is C25H22N2O2S2. The van der Waals surface area contributed by atoms with Crippen LogP contribution in [0.5, 0.6) is 0 Å². The van der Waals surface area contributed by atoms with Crippen LogP contribution < -0.4 is 4.90 Å². The van der Waals surface area contributed by atoms with Crippen molar-refractivity contribution in [2.75, 3.05) is 11.9 Å². The van der Waals surface area contributed by atoms with Gasteiger partial charge in [-0.2, -0.15) is 0 Å². The number of hydrogen-bond donors (Lipinski definition) is 0. The Morgan fingerprint density at radius 2 is 1.29 bits per heavy atom. The van der Waals surface area contributed by atoms with Gasteiger partial charge in [-0.15, -0.1) is 22.7 Å². The Balaban J connectivity index is 1.58. The van der Waals surface area contributed by atoms with Gasteiger partial charge in [-0.05, 0) is 53.2 Å². The fourth-order valence-electron chi connectivity index (χ4n) is 3.31. The van der Waals surface area contributed by atoms with Gasteiger partial charge in [-0.3, -0.25) is 9.59 Å². The molecule has 6 heteroatoms. The minimum absolute atomic E-state index is 0.0844. The molecule has 2 amide bonds. The smallest absolute Gasteiger partial charge is 0.258 e. The van der Waals surface area contributed by atoms with Crippen LogP contribution in [0.4, 0.5) is 5.69 Å². The number of hydrogen-bond acceptors (Lipinski definition) is 4. The van der Waals surface area contributed by atoms with Crippen LogP contribution in [0.1, 0.15) is 30.5 Å². The largest absolute Gasteiger partial charge is 0.328 e. The van der Waals surface area contributed by atoms with Gasteiger partial charge in [-0.1, -0.05) is 36.4 Å². The molecule has 0 aliphatic carbocycles. The number of amides is 2. The van der Waals surface area contributed by atoms with Crippen molar-refractivity contribution < 1.29 is 9.59 Å². The van der Waals surface area contributed by atoms with Crippen LogP contribution in [0, 0.1) is 0 Å². The molecule has 0 fully saturated rings. The molecule has 0 aliphatic rings. The monoisotopic (exact) mass is 446 g/mol. The second kappa shape index (κ2) is 9.73. The highest BCUT2D eigenvalue weighted by molar-refractivity contribution is 7.10. The first-order valence-corrected chi connectivity index (χ1v) is 11.6. The second-order valence-corrected chi connectivity index (χ2v) is 9.16. The molecule has 0 spiro atoms. The highest BCUT2D eigenvalue weighted by Gasteiger charge is 2.20. The fourth-order valence-corrected chi connectivity index (χ4v) is 4.75. The van der Waals surface area contributed by atoms with Crippen LogP contribution in [0.15, 0.2) is 89.6 Å². The Morgan fingerprint density at radius 3 is 1.84 bits per heavy atom. The SMILES string of the molecule is CN(C(=O)c1cccc(C(=O)N(Cc2cccs2)Cc2cccs2)c1)c1ccccc1. The molecule has 4 rings (SSSR count). The Kier molecular flexibility index (Phi) is 6.60. The third kappa shape index (κ3) is 5.10. The zero-order valence-electron chi connectivity index (χ0n) is 17.1. The summed E-state index contributed by atoms with van der Waals surface area (Å²) >= 11 is 3.27. The van der Waals surface area contributed by atoms with Crippen molar-refractivity contribution in [3.63, 3.8) is 0 Å². The van der Waals surface area contributed by atoms with E-state index in [0.717, 1.165) is 15.4 Å². The Bertz CT molecular complexity index is 1100. The molecule has 2 aromatic carbocycles. The topological polar surface area (TPSA) is 40.6 Å². The van der Waals surface area contributed by atoms with Crippen molar-refractivity contribution in [1.29, 1.82) is 0 Å². The van der Waals surface area contributed by atoms with Crippen LogP contribution in [0.25, 0.3) is 0 Å². The Morgan fingerprint density at radius 1 is 0.710 bits per heavy atom. The summed E-state index contributed by atoms with van der Waals surface area (Å²) in [5, 5.41) is 4.03. The lowest BCUT2D eigenvalue weighted by atomic mass is 10.1. The van der Waals surface area contributed by atoms with E-state index in [2.05, 4.69) is 0 Å². The summed E-state index contributed by atoms with van der Waals surface area (Å²) in [5.41, 5.74) is 1.81. The maximum Gasteiger partial charge on any atom is 0.258 e. The van der Waals surface area contributed by atoms with Gasteiger partial charge in [0.25, 0.3) is 11.8 Å². The number of anilines is 1. The van der Waals surface area contributed by atoms with E-state index in [4.69, 9.17) is 0 Å². The van der Waals surface area contributed by atoms with Crippen molar-refractivity contribution in [1.82, 2.24) is 4.90 Å². The fraction of sp³-hybridized carbons (Fsp3) is 0.120. The summed E-state index contributed by atoms with van der Waals surface area (Å²) in [5.74, 6) is -0.234. The van der Waals surface area contributed by atoms with E-state index in [9.17, 15) is 9.59 Å². The lowest BCUT2D eigenvalue weighted by Crippen LogP contribution is -2.30. The minimum atomic E-state index is -0.149. The molecule has 0 aliphatic heterocycles. The van der Waals surface area contributed by atoms with Gasteiger partial charge in [0, 0.05) is 33.6 Å². The molecule has 2 heterocycles. The predicted molar refractivity (Wildman–Crippen MR) is 128 cm³/mol. The first kappa shape index (κ1) is 21.0. The van der Waals surface area contributed by atoms with E-state index in [0.29, 0.717) is 24.2 Å². The number of carbonyl (C=O) groups excluding carboxylic acids is 2. The third-order valence-corrected chi connectivity index (χ3v) is 6.67. The van der Waals surface area contributed by atoms with Gasteiger partial charge in [0.2, 0.25) is 0 Å². The van der Waals surface area contributed by atoms with E-state index in [1.54, 1.807) is 58.9 Å². The van der Waals surface area contributed by atoms with Gasteiger partial charge in [-0.25, -0.2) is 0 Å². The number of nitrogens with zero attached hydrogens (tertiary/aromatic N) is 2. The molecule has 0 unspecified atom stereocenters. The number of thiophene rings is 2. The average Bonchev–Trinajstić information content (AvgIpc) is 3.52. The standard InChI is InChI=1S/C25H22N2O2S2/c1-26(21-10-3-2-4-11-21)24(28)19-8-5-9-20(16-19)25(29)27(17-22-12-6-14-30-22)18-23-13-7-15-31-23/h2-16H,17-18H2,1H3. The minimum Gasteiger partial charge on any atom is -0.328 e. The molecule has 31 heavy (non-hydrogen) atoms. The van der Waals surface area contributed by atoms with Crippen molar-refractivity contribution >= 4 is 40.2 Å². The maximum absolute atomic E-state index is 13.4. The molecule has 2 aromatic heterocycles. The van der Waals surface area contributed by atoms with Crippen LogP contribution in [0.2, 0.25) is 0 Å². The van der Waals surface area contributed by atoms with Crippen molar-refractivity contribution in [2.24, 2.45) is 0 Å². The number of carbonyl (C=O) groups is 2. The second-order valence-electron chi connectivity index (χ2n) is 7.10. The number of benzene rings is 2. The van der Waals surface area contributed by atoms with E-state index >= 15 is 0 Å². The molecule has 0 atom stereocenters. The van der Waals surface area contributed by atoms with Crippen molar-refractivity contribution in [3.05, 3.63) is 111 Å². The van der Waals surface area contributed by atoms with Crippen LogP contribution in [-0.2, 0) is 13.1 Å². The quantitative estimate of drug-likeness (QED) is 0.353. The summed E-state index contributed by atoms with van der Waals surface area (Å²) in [6.45, 7) is 1.08. The molecular weight excluding hydrogens is 424 g/mol. The summed E-state index contributed by atoms with van der Waals surface area (Å²) in [7, 11) is 1.74. The number of para-hydroxylation sites is 1. The van der Waals surface area contributed by atoms with Gasteiger partial charge >= 0.3 is 0 Å². The summed E-state index contributed by atoms with van der Waals surface area (Å²) in [6, 6.07) is 24.5. The van der Waals surface area contributed by atoms with Crippen molar-refractivity contribution in [2.45, 2.75) is 13.1 Å². The van der Waals surface area contributed by atoms with E-state index in [1.807, 2.05) is 70.3 Å². The highest BCUT2D eigenvalue weighted by atomic mass is 32.1. The molecule has 4 aromatic rings. The molecule has 0 bridgehead atoms. The Labute approximate surface area is 190 Å². The summed E-state index contributed by atoms with van der Waals surface area (Å²) < 4.78 is 0. The summed E-state index contributed by atoms with van der Waals surface area (Å²) in [4.78, 5) is 32.1. The predicted octanol–water partition coefficient (Wildman–Crippen LogP) is 5.93. The molecule has 0 saturated carbocycles. The third-order valence-electron chi connectivity index (χ3n) is 4.95. The van der Waals surface area contributed by atoms with Gasteiger partial charge < -0.3 is 9.80 Å². The van der Waals surface area contributed by atoms with Gasteiger partial charge in [0.15, 0.2) is 0 Å². The molecule has 156 valence electrons. The molecule has 0 N–H and O–H groups in total. The van der Waals surface area contributed by atoms with Crippen LogP contribution in [0.3, 0.4) is 0 Å². The first-order chi connectivity index (χ1) is 15.1. The zero-order valence-corrected chi connectivity index (χ0v) is 18.7. The van der Waals surface area contributed by atoms with Crippen LogP contribution in [-0.4, -0.2) is 23.8 Å². The average molecular weight is 447 g/mol. The molecule has 0 saturated heterocycles. The normalized spacial score (nSPS) is 10.6. The van der Waals surface area contributed by atoms with Gasteiger partial charge in [0.05, 0.1) is 13.1 Å². The number of rotatable bonds is 7. The van der Waals surface area contributed by atoms with E-state index in [1.165, 1.54) is 0 Å². The maximum atomic E-state index is 13.4. The highest BCUT2D eigenvalue weighted by Crippen LogP contribution is 2.21. The molecule has 4 nitrogen and oxygen atoms in total. The van der Waals surface area contributed by atoms with Gasteiger partial charge in [0.1, 0.15) is 0 Å². The van der Waals surface area contributed by atoms with E-state index in [-0.39, 0.29) is 11.8 Å². The van der Waals surface area contributed by atoms with Crippen molar-refractivity contribution in [3.8, 4) is 0 Å². The van der Waals surface area contributed by atoms with Crippen LogP contribution >= 0.6 is 22.7 Å². The lowest BCUT2D eigenvalue weighted by Gasteiger charge is -2.22. The molecule has 0 radical (unpaired) electrons.